The number of imidazole rings is 1. The number of carbonyl (C=O) groups is 1. The van der Waals surface area contributed by atoms with Crippen LogP contribution in [0.4, 0.5) is 0 Å². The minimum atomic E-state index is -0.257. The highest BCUT2D eigenvalue weighted by molar-refractivity contribution is 5.76. The molecule has 1 unspecified atom stereocenters. The van der Waals surface area contributed by atoms with Crippen molar-refractivity contribution in [3.05, 3.63) is 30.6 Å². The van der Waals surface area contributed by atoms with Gasteiger partial charge in [0.05, 0.1) is 18.7 Å². The van der Waals surface area contributed by atoms with Gasteiger partial charge >= 0.3 is 0 Å². The second-order valence-electron chi connectivity index (χ2n) is 7.95. The largest absolute Gasteiger partial charge is 1.00 e. The van der Waals surface area contributed by atoms with Crippen molar-refractivity contribution >= 4 is 16.9 Å². The zero-order valence-corrected chi connectivity index (χ0v) is 17.3. The van der Waals surface area contributed by atoms with Gasteiger partial charge in [-0.15, -0.1) is 0 Å². The molecule has 6 heteroatoms. The Labute approximate surface area is 162 Å². The number of aliphatic hydroxyl groups is 1. The van der Waals surface area contributed by atoms with Crippen LogP contribution in [0.1, 0.15) is 53.5 Å². The summed E-state index contributed by atoms with van der Waals surface area (Å²) < 4.78 is 4.24. The van der Waals surface area contributed by atoms with Gasteiger partial charge in [0.25, 0.3) is 5.91 Å². The van der Waals surface area contributed by atoms with Gasteiger partial charge < -0.3 is 22.8 Å². The summed E-state index contributed by atoms with van der Waals surface area (Å²) in [4.78, 5) is 12.5. The molecule has 0 saturated carbocycles. The van der Waals surface area contributed by atoms with Crippen molar-refractivity contribution in [3.8, 4) is 0 Å². The van der Waals surface area contributed by atoms with Crippen molar-refractivity contribution in [2.75, 3.05) is 6.61 Å². The Kier molecular flexibility index (Phi) is 8.10. The molecule has 0 spiro atoms. The number of amides is 1. The Bertz CT molecular complexity index is 721. The molecule has 0 radical (unpaired) electrons. The lowest BCUT2D eigenvalue weighted by atomic mass is 9.87. The normalized spacial score (nSPS) is 13.9. The molecule has 2 atom stereocenters. The highest BCUT2D eigenvalue weighted by Gasteiger charge is 2.27. The van der Waals surface area contributed by atoms with Gasteiger partial charge in [-0.3, -0.25) is 4.79 Å². The summed E-state index contributed by atoms with van der Waals surface area (Å²) in [5, 5.41) is 12.5. The summed E-state index contributed by atoms with van der Waals surface area (Å²) in [6.45, 7) is 10.6. The molecule has 26 heavy (non-hydrogen) atoms. The maximum Gasteiger partial charge on any atom is 0.262 e. The van der Waals surface area contributed by atoms with E-state index in [1.54, 1.807) is 0 Å². The van der Waals surface area contributed by atoms with E-state index in [4.69, 9.17) is 0 Å². The van der Waals surface area contributed by atoms with E-state index in [1.165, 1.54) is 0 Å². The van der Waals surface area contributed by atoms with Crippen LogP contribution in [0.25, 0.3) is 11.0 Å². The lowest BCUT2D eigenvalue weighted by molar-refractivity contribution is -0.659. The number of carbonyl (C=O) groups excluding carboxylic acids is 1. The molecular formula is C20H32ClN3O2. The van der Waals surface area contributed by atoms with E-state index in [0.29, 0.717) is 6.04 Å². The summed E-state index contributed by atoms with van der Waals surface area (Å²) in [5.41, 5.74) is 2.02. The summed E-state index contributed by atoms with van der Waals surface area (Å²) in [6, 6.07) is 8.31. The number of nitrogens with zero attached hydrogens (tertiary/aromatic N) is 2. The number of benzene rings is 1. The van der Waals surface area contributed by atoms with Gasteiger partial charge in [-0.25, -0.2) is 9.13 Å². The first kappa shape index (κ1) is 22.5. The number of halogens is 1. The Morgan fingerprint density at radius 2 is 1.96 bits per heavy atom. The number of aromatic nitrogens is 2. The second kappa shape index (κ2) is 9.38. The molecular weight excluding hydrogens is 350 g/mol. The van der Waals surface area contributed by atoms with Gasteiger partial charge in [0.1, 0.15) is 0 Å². The van der Waals surface area contributed by atoms with Crippen LogP contribution in [0.3, 0.4) is 0 Å². The number of rotatable bonds is 7. The van der Waals surface area contributed by atoms with Gasteiger partial charge in [0.2, 0.25) is 6.33 Å². The summed E-state index contributed by atoms with van der Waals surface area (Å²) in [5.74, 6) is -0.0787. The smallest absolute Gasteiger partial charge is 0.262 e. The van der Waals surface area contributed by atoms with Crippen LogP contribution in [0.15, 0.2) is 30.6 Å². The molecule has 2 N–H and O–H groups in total. The first-order valence-corrected chi connectivity index (χ1v) is 9.17. The van der Waals surface area contributed by atoms with E-state index in [1.807, 2.05) is 49.9 Å². The van der Waals surface area contributed by atoms with E-state index in [-0.39, 0.29) is 42.9 Å². The molecule has 0 saturated heterocycles. The monoisotopic (exact) mass is 381 g/mol. The SMILES string of the molecule is CCCC(C)n1c[n+](CC(=O)N[C@H](CO)C(C)(C)C)c2ccccc21.[Cl-]. The Morgan fingerprint density at radius 1 is 1.31 bits per heavy atom. The maximum absolute atomic E-state index is 12.5. The van der Waals surface area contributed by atoms with Crippen LogP contribution in [-0.4, -0.2) is 28.2 Å². The van der Waals surface area contributed by atoms with Crippen LogP contribution >= 0.6 is 0 Å². The van der Waals surface area contributed by atoms with Gasteiger partial charge in [0, 0.05) is 0 Å². The first-order valence-electron chi connectivity index (χ1n) is 9.17. The third kappa shape index (κ3) is 5.21. The summed E-state index contributed by atoms with van der Waals surface area (Å²) in [6.07, 6.45) is 4.26. The van der Waals surface area contributed by atoms with Crippen LogP contribution < -0.4 is 22.3 Å². The lowest BCUT2D eigenvalue weighted by Crippen LogP contribution is -3.00. The third-order valence-corrected chi connectivity index (χ3v) is 4.79. The minimum absolute atomic E-state index is 0. The molecule has 5 nitrogen and oxygen atoms in total. The van der Waals surface area contributed by atoms with Crippen molar-refractivity contribution < 1.29 is 26.9 Å². The van der Waals surface area contributed by atoms with Crippen LogP contribution in [0, 0.1) is 5.41 Å². The highest BCUT2D eigenvalue weighted by Crippen LogP contribution is 2.20. The van der Waals surface area contributed by atoms with E-state index >= 15 is 0 Å². The van der Waals surface area contributed by atoms with Crippen molar-refractivity contribution in [3.63, 3.8) is 0 Å². The number of para-hydroxylation sites is 2. The molecule has 2 aromatic rings. The number of hydrogen-bond donors (Lipinski definition) is 2. The van der Waals surface area contributed by atoms with Gasteiger partial charge in [0.15, 0.2) is 17.6 Å². The molecule has 0 aliphatic carbocycles. The molecule has 1 amide bonds. The average molecular weight is 382 g/mol. The molecule has 0 aliphatic rings. The fourth-order valence-corrected chi connectivity index (χ4v) is 3.16. The number of hydrogen-bond acceptors (Lipinski definition) is 2. The van der Waals surface area contributed by atoms with Crippen molar-refractivity contribution in [1.82, 2.24) is 9.88 Å². The zero-order valence-electron chi connectivity index (χ0n) is 16.5. The van der Waals surface area contributed by atoms with Crippen LogP contribution in [-0.2, 0) is 11.3 Å². The minimum Gasteiger partial charge on any atom is -1.00 e. The van der Waals surface area contributed by atoms with E-state index < -0.39 is 0 Å². The van der Waals surface area contributed by atoms with E-state index in [0.717, 1.165) is 23.9 Å². The highest BCUT2D eigenvalue weighted by atomic mass is 35.5. The molecule has 1 aromatic heterocycles. The lowest BCUT2D eigenvalue weighted by Gasteiger charge is -2.29. The second-order valence-corrected chi connectivity index (χ2v) is 7.95. The Morgan fingerprint density at radius 3 is 2.54 bits per heavy atom. The Hall–Kier alpha value is -1.59. The maximum atomic E-state index is 12.5. The molecule has 0 fully saturated rings. The quantitative estimate of drug-likeness (QED) is 0.653. The molecule has 0 aliphatic heterocycles. The number of nitrogens with one attached hydrogen (secondary N) is 1. The van der Waals surface area contributed by atoms with Crippen molar-refractivity contribution in [2.45, 2.75) is 66.1 Å². The van der Waals surface area contributed by atoms with Crippen LogP contribution in [0.5, 0.6) is 0 Å². The molecule has 0 bridgehead atoms. The zero-order chi connectivity index (χ0) is 18.6. The summed E-state index contributed by atoms with van der Waals surface area (Å²) in [7, 11) is 0. The van der Waals surface area contributed by atoms with E-state index in [2.05, 4.69) is 29.8 Å². The first-order chi connectivity index (χ1) is 11.8. The summed E-state index contributed by atoms with van der Waals surface area (Å²) >= 11 is 0. The molecule has 146 valence electrons. The standard InChI is InChI=1S/C20H31N3O2.ClH/c1-6-9-15(2)23-14-22(16-10-7-8-11-17(16)23)12-19(25)21-18(13-24)20(3,4)5;/h7-8,10-11,14-15,18,24H,6,9,12-13H2,1-5H3;1H/t15?,18-;/m1./s1. The van der Waals surface area contributed by atoms with Gasteiger partial charge in [-0.05, 0) is 30.9 Å². The van der Waals surface area contributed by atoms with E-state index in [9.17, 15) is 9.90 Å². The van der Waals surface area contributed by atoms with Gasteiger partial charge in [-0.1, -0.05) is 46.2 Å². The van der Waals surface area contributed by atoms with Gasteiger partial charge in [-0.2, -0.15) is 0 Å². The number of aliphatic hydroxyl groups excluding tert-OH is 1. The topological polar surface area (TPSA) is 58.1 Å². The fraction of sp³-hybridized carbons (Fsp3) is 0.600. The molecule has 1 heterocycles. The van der Waals surface area contributed by atoms with Crippen molar-refractivity contribution in [1.29, 1.82) is 0 Å². The molecule has 1 aromatic carbocycles. The fourth-order valence-electron chi connectivity index (χ4n) is 3.16. The average Bonchev–Trinajstić information content (AvgIpc) is 2.91. The van der Waals surface area contributed by atoms with Crippen LogP contribution in [0.2, 0.25) is 0 Å². The third-order valence-electron chi connectivity index (χ3n) is 4.79. The number of fused-ring (bicyclic) bond motifs is 1. The predicted octanol–water partition coefficient (Wildman–Crippen LogP) is -0.183. The Balaban J connectivity index is 0.00000338. The predicted molar refractivity (Wildman–Crippen MR) is 100 cm³/mol. The molecule has 2 rings (SSSR count). The van der Waals surface area contributed by atoms with Crippen molar-refractivity contribution in [2.24, 2.45) is 5.41 Å².